The number of aliphatic hydroxyl groups excluding tert-OH is 1. The van der Waals surface area contributed by atoms with E-state index in [1.807, 2.05) is 0 Å². The Hall–Kier alpha value is -0.570. The van der Waals surface area contributed by atoms with Crippen LogP contribution in [-0.4, -0.2) is 23.8 Å². The topological polar surface area (TPSA) is 46.5 Å². The fraction of sp³-hybridized carbons (Fsp3) is 0.973. The van der Waals surface area contributed by atoms with Gasteiger partial charge in [-0.15, -0.1) is 0 Å². The molecule has 1 N–H and O–H groups in total. The van der Waals surface area contributed by atoms with Crippen molar-refractivity contribution in [3.8, 4) is 0 Å². The van der Waals surface area contributed by atoms with Gasteiger partial charge in [0.05, 0.1) is 12.7 Å². The Labute approximate surface area is 252 Å². The first-order valence-corrected chi connectivity index (χ1v) is 18.5. The molecule has 0 fully saturated rings. The zero-order chi connectivity index (χ0) is 29.2. The second kappa shape index (κ2) is 34.6. The number of carbonyl (C=O) groups excluding carboxylic acids is 1. The average molecular weight is 567 g/mol. The number of rotatable bonds is 34. The van der Waals surface area contributed by atoms with Gasteiger partial charge in [0.25, 0.3) is 0 Å². The highest BCUT2D eigenvalue weighted by molar-refractivity contribution is 5.69. The zero-order valence-electron chi connectivity index (χ0n) is 27.7. The molecule has 0 heterocycles. The summed E-state index contributed by atoms with van der Waals surface area (Å²) in [6.07, 6.45) is 40.5. The van der Waals surface area contributed by atoms with E-state index in [-0.39, 0.29) is 12.1 Å². The van der Waals surface area contributed by atoms with Crippen LogP contribution in [0.3, 0.4) is 0 Å². The lowest BCUT2D eigenvalue weighted by molar-refractivity contribution is -0.143. The van der Waals surface area contributed by atoms with E-state index >= 15 is 0 Å². The van der Waals surface area contributed by atoms with Gasteiger partial charge in [0.15, 0.2) is 0 Å². The van der Waals surface area contributed by atoms with E-state index in [0.717, 1.165) is 32.1 Å². The van der Waals surface area contributed by atoms with Gasteiger partial charge in [0.1, 0.15) is 0 Å². The lowest BCUT2D eigenvalue weighted by Gasteiger charge is -2.10. The van der Waals surface area contributed by atoms with Crippen molar-refractivity contribution in [2.75, 3.05) is 6.61 Å². The highest BCUT2D eigenvalue weighted by Gasteiger charge is 2.04. The summed E-state index contributed by atoms with van der Waals surface area (Å²) in [7, 11) is 0. The third-order valence-corrected chi connectivity index (χ3v) is 8.57. The van der Waals surface area contributed by atoms with Crippen LogP contribution in [0.2, 0.25) is 0 Å². The molecular formula is C37H74O3. The van der Waals surface area contributed by atoms with Gasteiger partial charge < -0.3 is 9.84 Å². The number of hydrogen-bond acceptors (Lipinski definition) is 3. The standard InChI is InChI=1S/C37H74O3/c1-3-5-7-9-10-11-12-13-14-15-16-17-18-21-24-27-31-35-40-37(39)34-30-26-23-20-19-22-25-29-33-36(38)32-28-8-6-4-2/h36,38H,3-35H2,1-2H3. The van der Waals surface area contributed by atoms with E-state index in [0.29, 0.717) is 13.0 Å². The second-order valence-corrected chi connectivity index (χ2v) is 12.7. The summed E-state index contributed by atoms with van der Waals surface area (Å²) in [5.41, 5.74) is 0. The van der Waals surface area contributed by atoms with Gasteiger partial charge in [-0.1, -0.05) is 187 Å². The predicted octanol–water partition coefficient (Wildman–Crippen LogP) is 12.4. The molecule has 0 spiro atoms. The number of carbonyl (C=O) groups is 1. The molecule has 0 radical (unpaired) electrons. The average Bonchev–Trinajstić information content (AvgIpc) is 2.95. The van der Waals surface area contributed by atoms with Crippen LogP contribution < -0.4 is 0 Å². The lowest BCUT2D eigenvalue weighted by Crippen LogP contribution is -2.06. The molecule has 0 aliphatic rings. The van der Waals surface area contributed by atoms with E-state index in [1.165, 1.54) is 167 Å². The van der Waals surface area contributed by atoms with Crippen molar-refractivity contribution in [2.45, 2.75) is 225 Å². The summed E-state index contributed by atoms with van der Waals surface area (Å²) in [5.74, 6) is 0.00439. The molecule has 3 nitrogen and oxygen atoms in total. The molecule has 0 aromatic rings. The summed E-state index contributed by atoms with van der Waals surface area (Å²) in [6.45, 7) is 5.14. The van der Waals surface area contributed by atoms with Crippen molar-refractivity contribution in [1.82, 2.24) is 0 Å². The SMILES string of the molecule is CCCCCCCCCCCCCCCCCCCOC(=O)CCCCCCCCCCC(O)CCCCCC. The van der Waals surface area contributed by atoms with E-state index in [2.05, 4.69) is 13.8 Å². The Morgan fingerprint density at radius 1 is 0.450 bits per heavy atom. The maximum Gasteiger partial charge on any atom is 0.305 e. The smallest absolute Gasteiger partial charge is 0.305 e. The van der Waals surface area contributed by atoms with Crippen LogP contribution in [-0.2, 0) is 9.53 Å². The molecule has 0 aliphatic carbocycles. The van der Waals surface area contributed by atoms with Crippen molar-refractivity contribution in [3.63, 3.8) is 0 Å². The molecule has 0 rings (SSSR count). The summed E-state index contributed by atoms with van der Waals surface area (Å²) >= 11 is 0. The molecule has 0 bridgehead atoms. The maximum absolute atomic E-state index is 11.9. The highest BCUT2D eigenvalue weighted by atomic mass is 16.5. The Bertz CT molecular complexity index is 478. The molecule has 240 valence electrons. The van der Waals surface area contributed by atoms with Gasteiger partial charge in [0.2, 0.25) is 0 Å². The summed E-state index contributed by atoms with van der Waals surface area (Å²) < 4.78 is 5.43. The van der Waals surface area contributed by atoms with Gasteiger partial charge in [-0.05, 0) is 25.7 Å². The van der Waals surface area contributed by atoms with Crippen molar-refractivity contribution >= 4 is 5.97 Å². The lowest BCUT2D eigenvalue weighted by atomic mass is 10.0. The monoisotopic (exact) mass is 567 g/mol. The van der Waals surface area contributed by atoms with Crippen LogP contribution in [0, 0.1) is 0 Å². The summed E-state index contributed by atoms with van der Waals surface area (Å²) in [6, 6.07) is 0. The minimum absolute atomic E-state index is 0.00439. The van der Waals surface area contributed by atoms with Crippen molar-refractivity contribution < 1.29 is 14.6 Å². The number of hydrogen-bond donors (Lipinski definition) is 1. The molecule has 40 heavy (non-hydrogen) atoms. The normalized spacial score (nSPS) is 12.2. The minimum Gasteiger partial charge on any atom is -0.466 e. The third kappa shape index (κ3) is 33.6. The Balaban J connectivity index is 3.19. The van der Waals surface area contributed by atoms with Crippen LogP contribution in [0.4, 0.5) is 0 Å². The van der Waals surface area contributed by atoms with E-state index in [1.54, 1.807) is 0 Å². The fourth-order valence-corrected chi connectivity index (χ4v) is 5.75. The van der Waals surface area contributed by atoms with E-state index in [4.69, 9.17) is 4.74 Å². The first kappa shape index (κ1) is 39.4. The molecule has 0 aromatic heterocycles. The number of esters is 1. The number of ether oxygens (including phenoxy) is 1. The zero-order valence-corrected chi connectivity index (χ0v) is 27.7. The molecule has 0 aromatic carbocycles. The number of unbranched alkanes of at least 4 members (excludes halogenated alkanes) is 26. The predicted molar refractivity (Wildman–Crippen MR) is 176 cm³/mol. The first-order chi connectivity index (χ1) is 19.7. The Morgan fingerprint density at radius 3 is 1.15 bits per heavy atom. The summed E-state index contributed by atoms with van der Waals surface area (Å²) in [5, 5.41) is 10.0. The number of aliphatic hydroxyl groups is 1. The molecule has 1 atom stereocenters. The molecule has 1 unspecified atom stereocenters. The second-order valence-electron chi connectivity index (χ2n) is 12.7. The van der Waals surface area contributed by atoms with Crippen molar-refractivity contribution in [1.29, 1.82) is 0 Å². The molecule has 3 heteroatoms. The van der Waals surface area contributed by atoms with Gasteiger partial charge in [-0.25, -0.2) is 0 Å². The molecule has 0 saturated carbocycles. The van der Waals surface area contributed by atoms with Gasteiger partial charge in [0, 0.05) is 6.42 Å². The van der Waals surface area contributed by atoms with Crippen LogP contribution >= 0.6 is 0 Å². The maximum atomic E-state index is 11.9. The van der Waals surface area contributed by atoms with Crippen molar-refractivity contribution in [3.05, 3.63) is 0 Å². The molecule has 0 amide bonds. The third-order valence-electron chi connectivity index (χ3n) is 8.57. The van der Waals surface area contributed by atoms with Gasteiger partial charge in [-0.3, -0.25) is 4.79 Å². The minimum atomic E-state index is -0.0782. The Kier molecular flexibility index (Phi) is 34.1. The quantitative estimate of drug-likeness (QED) is 0.0622. The largest absolute Gasteiger partial charge is 0.466 e. The van der Waals surface area contributed by atoms with Gasteiger partial charge >= 0.3 is 5.97 Å². The molecule has 0 saturated heterocycles. The van der Waals surface area contributed by atoms with E-state index in [9.17, 15) is 9.90 Å². The first-order valence-electron chi connectivity index (χ1n) is 18.5. The fourth-order valence-electron chi connectivity index (χ4n) is 5.75. The Morgan fingerprint density at radius 2 is 0.750 bits per heavy atom. The van der Waals surface area contributed by atoms with Crippen LogP contribution in [0.1, 0.15) is 219 Å². The highest BCUT2D eigenvalue weighted by Crippen LogP contribution is 2.16. The van der Waals surface area contributed by atoms with Crippen LogP contribution in [0.25, 0.3) is 0 Å². The van der Waals surface area contributed by atoms with Gasteiger partial charge in [-0.2, -0.15) is 0 Å². The molecule has 0 aliphatic heterocycles. The molecular weight excluding hydrogens is 492 g/mol. The van der Waals surface area contributed by atoms with Crippen molar-refractivity contribution in [2.24, 2.45) is 0 Å². The summed E-state index contributed by atoms with van der Waals surface area (Å²) in [4.78, 5) is 11.9. The van der Waals surface area contributed by atoms with Crippen LogP contribution in [0.5, 0.6) is 0 Å². The van der Waals surface area contributed by atoms with E-state index < -0.39 is 0 Å². The van der Waals surface area contributed by atoms with Crippen LogP contribution in [0.15, 0.2) is 0 Å².